The molecule has 1 N–H and O–H groups in total. The van der Waals surface area contributed by atoms with E-state index in [1.54, 1.807) is 0 Å². The van der Waals surface area contributed by atoms with Crippen molar-refractivity contribution < 1.29 is 27.1 Å². The molecule has 0 heterocycles. The van der Waals surface area contributed by atoms with E-state index in [1.807, 2.05) is 0 Å². The minimum absolute atomic E-state index is 0. The van der Waals surface area contributed by atoms with Crippen LogP contribution in [0.3, 0.4) is 0 Å². The predicted octanol–water partition coefficient (Wildman–Crippen LogP) is 1.67. The third kappa shape index (κ3) is 3.08. The fourth-order valence-electron chi connectivity index (χ4n) is 1.37. The SMILES string of the molecule is [Cu].[O-][N+](=NO)C1CCCCC1. The van der Waals surface area contributed by atoms with Crippen molar-refractivity contribution in [1.29, 1.82) is 0 Å². The standard InChI is InChI=1S/C6H12N2O2.Cu/c9-7-8(10)6-4-2-1-3-5-6;/h6,9H,1-5H2;. The molecule has 1 aliphatic carbocycles. The van der Waals surface area contributed by atoms with Gasteiger partial charge >= 0.3 is 0 Å². The van der Waals surface area contributed by atoms with E-state index >= 15 is 0 Å². The molecule has 11 heavy (non-hydrogen) atoms. The van der Waals surface area contributed by atoms with Gasteiger partial charge in [-0.2, -0.15) is 0 Å². The van der Waals surface area contributed by atoms with Gasteiger partial charge in [0.1, 0.15) is 0 Å². The summed E-state index contributed by atoms with van der Waals surface area (Å²) in [7, 11) is 0. The van der Waals surface area contributed by atoms with Crippen LogP contribution in [0.5, 0.6) is 0 Å². The van der Waals surface area contributed by atoms with Gasteiger partial charge in [-0.3, -0.25) is 0 Å². The van der Waals surface area contributed by atoms with E-state index in [0.717, 1.165) is 25.7 Å². The fourth-order valence-corrected chi connectivity index (χ4v) is 1.37. The maximum atomic E-state index is 10.7. The summed E-state index contributed by atoms with van der Waals surface area (Å²) < 4.78 is 0. The zero-order chi connectivity index (χ0) is 7.40. The van der Waals surface area contributed by atoms with Crippen LogP contribution in [0.25, 0.3) is 0 Å². The quantitative estimate of drug-likeness (QED) is 0.308. The maximum absolute atomic E-state index is 10.7. The van der Waals surface area contributed by atoms with Crippen LogP contribution in [0.1, 0.15) is 32.1 Å². The van der Waals surface area contributed by atoms with Crippen molar-refractivity contribution in [3.63, 3.8) is 0 Å². The Kier molecular flexibility index (Phi) is 5.24. The minimum atomic E-state index is -0.0706. The van der Waals surface area contributed by atoms with Crippen molar-refractivity contribution in [3.8, 4) is 0 Å². The second-order valence-electron chi connectivity index (χ2n) is 2.68. The molecule has 0 aliphatic heterocycles. The van der Waals surface area contributed by atoms with Crippen LogP contribution in [0.4, 0.5) is 0 Å². The molecule has 0 saturated heterocycles. The average molecular weight is 208 g/mol. The molecule has 0 aromatic carbocycles. The smallest absolute Gasteiger partial charge is 0.197 e. The molecule has 1 fully saturated rings. The molecule has 1 radical (unpaired) electrons. The second kappa shape index (κ2) is 5.38. The van der Waals surface area contributed by atoms with E-state index in [0.29, 0.717) is 4.86 Å². The average Bonchev–Trinajstić information content (AvgIpc) is 2.05. The Morgan fingerprint density at radius 1 is 1.27 bits per heavy atom. The summed E-state index contributed by atoms with van der Waals surface area (Å²) in [6.45, 7) is 0. The van der Waals surface area contributed by atoms with Crippen LogP contribution in [-0.2, 0) is 17.1 Å². The fraction of sp³-hybridized carbons (Fsp3) is 1.00. The Bertz CT molecular complexity index is 135. The van der Waals surface area contributed by atoms with Crippen molar-refractivity contribution in [2.75, 3.05) is 0 Å². The van der Waals surface area contributed by atoms with Gasteiger partial charge in [-0.15, -0.1) is 0 Å². The molecule has 1 rings (SSSR count). The van der Waals surface area contributed by atoms with Gasteiger partial charge < -0.3 is 10.4 Å². The van der Waals surface area contributed by atoms with Gasteiger partial charge in [0.25, 0.3) is 0 Å². The third-order valence-corrected chi connectivity index (χ3v) is 1.98. The molecule has 69 valence electrons. The molecule has 0 aromatic rings. The minimum Gasteiger partial charge on any atom is -0.597 e. The summed E-state index contributed by atoms with van der Waals surface area (Å²) in [5.74, 6) is 0. The summed E-state index contributed by atoms with van der Waals surface area (Å²) in [6, 6.07) is -0.0706. The Hall–Kier alpha value is -0.281. The predicted molar refractivity (Wildman–Crippen MR) is 34.7 cm³/mol. The Balaban J connectivity index is 0.000001000. The first-order valence-electron chi connectivity index (χ1n) is 3.66. The molecular weight excluding hydrogens is 196 g/mol. The number of rotatable bonds is 1. The molecule has 1 saturated carbocycles. The zero-order valence-electron chi connectivity index (χ0n) is 6.16. The molecule has 0 amide bonds. The van der Waals surface area contributed by atoms with Crippen molar-refractivity contribution in [3.05, 3.63) is 5.21 Å². The molecule has 4 nitrogen and oxygen atoms in total. The van der Waals surface area contributed by atoms with Crippen LogP contribution < -0.4 is 0 Å². The molecular formula is C6H12CuN2O2. The molecule has 0 unspecified atom stereocenters. The summed E-state index contributed by atoms with van der Waals surface area (Å²) in [6.07, 6.45) is 5.11. The summed E-state index contributed by atoms with van der Waals surface area (Å²) in [5, 5.41) is 21.4. The zero-order valence-corrected chi connectivity index (χ0v) is 7.11. The molecule has 0 aromatic heterocycles. The molecule has 0 bridgehead atoms. The van der Waals surface area contributed by atoms with E-state index < -0.39 is 0 Å². The van der Waals surface area contributed by atoms with Crippen LogP contribution in [0, 0.1) is 5.21 Å². The van der Waals surface area contributed by atoms with Gasteiger partial charge in [0.15, 0.2) is 11.3 Å². The largest absolute Gasteiger partial charge is 0.597 e. The van der Waals surface area contributed by atoms with E-state index in [-0.39, 0.29) is 23.1 Å². The topological polar surface area (TPSA) is 58.7 Å². The molecule has 0 atom stereocenters. The first kappa shape index (κ1) is 10.7. The number of hydroxylamine groups is 1. The first-order valence-corrected chi connectivity index (χ1v) is 3.66. The third-order valence-electron chi connectivity index (χ3n) is 1.98. The Morgan fingerprint density at radius 3 is 2.27 bits per heavy atom. The van der Waals surface area contributed by atoms with Gasteiger partial charge in [0, 0.05) is 29.9 Å². The maximum Gasteiger partial charge on any atom is 0.197 e. The van der Waals surface area contributed by atoms with E-state index in [4.69, 9.17) is 5.21 Å². The first-order chi connectivity index (χ1) is 4.84. The number of nitrogens with zero attached hydrogens (tertiary/aromatic N) is 2. The van der Waals surface area contributed by atoms with Crippen LogP contribution in [-0.4, -0.2) is 16.1 Å². The Morgan fingerprint density at radius 2 is 1.82 bits per heavy atom. The van der Waals surface area contributed by atoms with Crippen LogP contribution in [0.2, 0.25) is 0 Å². The van der Waals surface area contributed by atoms with Crippen molar-refractivity contribution >= 4 is 0 Å². The Labute approximate surface area is 76.3 Å². The van der Waals surface area contributed by atoms with Crippen molar-refractivity contribution in [2.24, 2.45) is 5.28 Å². The summed E-state index contributed by atoms with van der Waals surface area (Å²) in [5.41, 5.74) is 0. The monoisotopic (exact) mass is 207 g/mol. The van der Waals surface area contributed by atoms with Gasteiger partial charge in [-0.25, -0.2) is 0 Å². The molecule has 1 aliphatic rings. The van der Waals surface area contributed by atoms with Gasteiger partial charge in [-0.1, -0.05) is 11.3 Å². The van der Waals surface area contributed by atoms with Crippen LogP contribution >= 0.6 is 0 Å². The second-order valence-corrected chi connectivity index (χ2v) is 2.68. The molecule has 0 spiro atoms. The number of hydrogen-bond acceptors (Lipinski definition) is 2. The van der Waals surface area contributed by atoms with Crippen molar-refractivity contribution in [2.45, 2.75) is 38.1 Å². The van der Waals surface area contributed by atoms with Crippen molar-refractivity contribution in [1.82, 2.24) is 0 Å². The van der Waals surface area contributed by atoms with Crippen LogP contribution in [0.15, 0.2) is 5.28 Å². The van der Waals surface area contributed by atoms with Gasteiger partial charge in [-0.05, 0) is 12.8 Å². The number of hydrogen-bond donors (Lipinski definition) is 1. The summed E-state index contributed by atoms with van der Waals surface area (Å²) in [4.78, 5) is 0.416. The normalized spacial score (nSPS) is 20.9. The molecule has 5 heteroatoms. The van der Waals surface area contributed by atoms with E-state index in [9.17, 15) is 5.21 Å². The van der Waals surface area contributed by atoms with E-state index in [2.05, 4.69) is 5.28 Å². The van der Waals surface area contributed by atoms with Gasteiger partial charge in [0.2, 0.25) is 0 Å². The summed E-state index contributed by atoms with van der Waals surface area (Å²) >= 11 is 0. The van der Waals surface area contributed by atoms with E-state index in [1.165, 1.54) is 6.42 Å². The van der Waals surface area contributed by atoms with Gasteiger partial charge in [0.05, 0.1) is 0 Å².